The van der Waals surface area contributed by atoms with Gasteiger partial charge in [0.05, 0.1) is 33.3 Å². The van der Waals surface area contributed by atoms with E-state index in [1.165, 1.54) is 33.5 Å². The topological polar surface area (TPSA) is 127 Å². The van der Waals surface area contributed by atoms with Crippen LogP contribution in [0.25, 0.3) is 32.5 Å². The van der Waals surface area contributed by atoms with Gasteiger partial charge in [-0.1, -0.05) is 11.2 Å². The lowest BCUT2D eigenvalue weighted by Gasteiger charge is -2.13. The van der Waals surface area contributed by atoms with Crippen LogP contribution in [0.15, 0.2) is 44.7 Å². The van der Waals surface area contributed by atoms with Gasteiger partial charge in [-0.15, -0.1) is 0 Å². The normalized spacial score (nSPS) is 10.4. The molecule has 0 spiro atoms. The Morgan fingerprint density at radius 2 is 1.82 bits per heavy atom. The van der Waals surface area contributed by atoms with Crippen LogP contribution in [0.2, 0.25) is 0 Å². The number of hydrogen-bond acceptors (Lipinski definition) is 7. The highest BCUT2D eigenvalue weighted by atomic mass is 16.5. The number of azide groups is 1. The molecule has 144 valence electrons. The maximum absolute atomic E-state index is 12.7. The van der Waals surface area contributed by atoms with Gasteiger partial charge in [0, 0.05) is 11.0 Å². The van der Waals surface area contributed by atoms with Crippen LogP contribution in [0.3, 0.4) is 0 Å². The summed E-state index contributed by atoms with van der Waals surface area (Å²) in [6.45, 7) is -0.0358. The maximum atomic E-state index is 12.7. The third-order valence-corrected chi connectivity index (χ3v) is 4.27. The molecule has 0 radical (unpaired) electrons. The predicted octanol–water partition coefficient (Wildman–Crippen LogP) is 4.00. The molecule has 0 unspecified atom stereocenters. The van der Waals surface area contributed by atoms with Crippen molar-refractivity contribution in [1.82, 2.24) is 0 Å². The molecule has 0 aliphatic carbocycles. The monoisotopic (exact) mass is 383 g/mol. The molecule has 0 amide bonds. The Morgan fingerprint density at radius 1 is 1.11 bits per heavy atom. The van der Waals surface area contributed by atoms with Gasteiger partial charge in [0.15, 0.2) is 11.5 Å². The number of methoxy groups -OCH3 is 3. The fourth-order valence-corrected chi connectivity index (χ4v) is 2.93. The van der Waals surface area contributed by atoms with E-state index in [-0.39, 0.29) is 28.8 Å². The van der Waals surface area contributed by atoms with Crippen molar-refractivity contribution in [3.63, 3.8) is 0 Å². The van der Waals surface area contributed by atoms with E-state index in [4.69, 9.17) is 24.2 Å². The second kappa shape index (κ2) is 7.81. The quantitative estimate of drug-likeness (QED) is 0.297. The summed E-state index contributed by atoms with van der Waals surface area (Å²) in [4.78, 5) is 15.4. The molecule has 1 heterocycles. The molecule has 1 N–H and O–H groups in total. The molecule has 0 bridgehead atoms. The zero-order valence-corrected chi connectivity index (χ0v) is 15.4. The largest absolute Gasteiger partial charge is 0.506 e. The Labute approximate surface area is 159 Å². The van der Waals surface area contributed by atoms with Crippen LogP contribution in [0.1, 0.15) is 5.56 Å². The predicted molar refractivity (Wildman–Crippen MR) is 102 cm³/mol. The lowest BCUT2D eigenvalue weighted by molar-refractivity contribution is 0.354. The summed E-state index contributed by atoms with van der Waals surface area (Å²) in [6.07, 6.45) is 0. The van der Waals surface area contributed by atoms with Crippen LogP contribution >= 0.6 is 0 Å². The summed E-state index contributed by atoms with van der Waals surface area (Å²) >= 11 is 0. The number of nitrogens with zero attached hydrogens (tertiary/aromatic N) is 3. The van der Waals surface area contributed by atoms with Gasteiger partial charge in [0.2, 0.25) is 0 Å². The zero-order valence-electron chi connectivity index (χ0n) is 15.4. The molecule has 0 aliphatic rings. The average Bonchev–Trinajstić information content (AvgIpc) is 2.71. The Kier molecular flexibility index (Phi) is 5.28. The first-order chi connectivity index (χ1) is 13.5. The second-order valence-electron chi connectivity index (χ2n) is 5.73. The van der Waals surface area contributed by atoms with Gasteiger partial charge in [-0.3, -0.25) is 0 Å². The first-order valence-corrected chi connectivity index (χ1v) is 8.14. The minimum absolute atomic E-state index is 0.0358. The Hall–Kier alpha value is -3.84. The molecule has 0 aliphatic heterocycles. The van der Waals surface area contributed by atoms with Crippen molar-refractivity contribution in [3.8, 4) is 34.1 Å². The van der Waals surface area contributed by atoms with Gasteiger partial charge in [0.1, 0.15) is 22.6 Å². The lowest BCUT2D eigenvalue weighted by Crippen LogP contribution is -2.06. The van der Waals surface area contributed by atoms with Crippen LogP contribution in [-0.4, -0.2) is 26.4 Å². The van der Waals surface area contributed by atoms with E-state index < -0.39 is 5.63 Å². The van der Waals surface area contributed by atoms with Crippen molar-refractivity contribution in [3.05, 3.63) is 56.8 Å². The van der Waals surface area contributed by atoms with Gasteiger partial charge in [-0.05, 0) is 34.9 Å². The van der Waals surface area contributed by atoms with Crippen LogP contribution in [-0.2, 0) is 6.54 Å². The summed E-state index contributed by atoms with van der Waals surface area (Å²) in [6, 6.07) is 7.84. The molecule has 3 aromatic rings. The number of benzene rings is 2. The fourth-order valence-electron chi connectivity index (χ4n) is 2.93. The minimum Gasteiger partial charge on any atom is -0.506 e. The van der Waals surface area contributed by atoms with Crippen molar-refractivity contribution in [1.29, 1.82) is 0 Å². The average molecular weight is 383 g/mol. The number of fused-ring (bicyclic) bond motifs is 1. The second-order valence-corrected chi connectivity index (χ2v) is 5.73. The van der Waals surface area contributed by atoms with Crippen LogP contribution < -0.4 is 19.8 Å². The Morgan fingerprint density at radius 3 is 2.46 bits per heavy atom. The van der Waals surface area contributed by atoms with Crippen LogP contribution in [0.5, 0.6) is 23.0 Å². The molecule has 28 heavy (non-hydrogen) atoms. The zero-order chi connectivity index (χ0) is 20.3. The molecule has 0 saturated heterocycles. The molecule has 0 atom stereocenters. The van der Waals surface area contributed by atoms with Gasteiger partial charge < -0.3 is 23.7 Å². The van der Waals surface area contributed by atoms with Gasteiger partial charge in [0.25, 0.3) is 0 Å². The highest BCUT2D eigenvalue weighted by Crippen LogP contribution is 2.40. The van der Waals surface area contributed by atoms with E-state index in [0.29, 0.717) is 28.4 Å². The minimum atomic E-state index is -0.746. The number of rotatable bonds is 6. The van der Waals surface area contributed by atoms with E-state index in [1.54, 1.807) is 18.2 Å². The van der Waals surface area contributed by atoms with Gasteiger partial charge in [-0.2, -0.15) is 0 Å². The maximum Gasteiger partial charge on any atom is 0.347 e. The summed E-state index contributed by atoms with van der Waals surface area (Å²) < 4.78 is 21.0. The molecular formula is C19H17N3O6. The van der Waals surface area contributed by atoms with Gasteiger partial charge in [-0.25, -0.2) is 4.79 Å². The van der Waals surface area contributed by atoms with Crippen LogP contribution in [0.4, 0.5) is 0 Å². The standard InChI is InChI=1S/C19H17N3O6/c1-25-11-4-5-12(10(6-11)9-21-22-20)17-18(23)13-7-15(26-2)16(27-3)8-14(13)28-19(17)24/h4-8,23H,9H2,1-3H3. The molecule has 9 nitrogen and oxygen atoms in total. The summed E-state index contributed by atoms with van der Waals surface area (Å²) in [7, 11) is 4.41. The van der Waals surface area contributed by atoms with Crippen molar-refractivity contribution in [2.45, 2.75) is 6.54 Å². The highest BCUT2D eigenvalue weighted by Gasteiger charge is 2.21. The smallest absolute Gasteiger partial charge is 0.347 e. The molecule has 3 rings (SSSR count). The number of aromatic hydroxyl groups is 1. The Balaban J connectivity index is 2.32. The third-order valence-electron chi connectivity index (χ3n) is 4.27. The van der Waals surface area contributed by atoms with E-state index in [1.807, 2.05) is 0 Å². The van der Waals surface area contributed by atoms with Crippen molar-refractivity contribution < 1.29 is 23.7 Å². The van der Waals surface area contributed by atoms with Crippen molar-refractivity contribution in [2.75, 3.05) is 21.3 Å². The highest BCUT2D eigenvalue weighted by molar-refractivity contribution is 5.93. The van der Waals surface area contributed by atoms with Crippen LogP contribution in [0, 0.1) is 0 Å². The molecule has 0 saturated carbocycles. The molecular weight excluding hydrogens is 366 g/mol. The third kappa shape index (κ3) is 3.26. The molecule has 1 aromatic heterocycles. The first kappa shape index (κ1) is 18.9. The van der Waals surface area contributed by atoms with E-state index in [9.17, 15) is 9.90 Å². The SMILES string of the molecule is COc1ccc(-c2c(O)c3cc(OC)c(OC)cc3oc2=O)c(CN=[N+]=[N-])c1. The summed E-state index contributed by atoms with van der Waals surface area (Å²) in [5.41, 5.74) is 8.87. The summed E-state index contributed by atoms with van der Waals surface area (Å²) in [5, 5.41) is 14.7. The Bertz CT molecular complexity index is 1150. The first-order valence-electron chi connectivity index (χ1n) is 8.14. The van der Waals surface area contributed by atoms with E-state index >= 15 is 0 Å². The fraction of sp³-hybridized carbons (Fsp3) is 0.211. The van der Waals surface area contributed by atoms with E-state index in [2.05, 4.69) is 10.0 Å². The van der Waals surface area contributed by atoms with E-state index in [0.717, 1.165) is 0 Å². The van der Waals surface area contributed by atoms with Gasteiger partial charge >= 0.3 is 5.63 Å². The number of hydrogen-bond donors (Lipinski definition) is 1. The molecule has 9 heteroatoms. The van der Waals surface area contributed by atoms with Crippen molar-refractivity contribution in [2.24, 2.45) is 5.11 Å². The number of ether oxygens (including phenoxy) is 3. The van der Waals surface area contributed by atoms with Crippen molar-refractivity contribution >= 4 is 11.0 Å². The molecule has 2 aromatic carbocycles. The summed E-state index contributed by atoms with van der Waals surface area (Å²) in [5.74, 6) is 0.968. The lowest BCUT2D eigenvalue weighted by atomic mass is 9.98. The molecule has 0 fully saturated rings.